The molecule has 0 aromatic heterocycles. The molecule has 0 saturated carbocycles. The van der Waals surface area contributed by atoms with Crippen LogP contribution in [0.1, 0.15) is 25.3 Å². The van der Waals surface area contributed by atoms with Crippen LogP contribution < -0.4 is 4.74 Å². The van der Waals surface area contributed by atoms with Crippen LogP contribution in [0.4, 0.5) is 0 Å². The van der Waals surface area contributed by atoms with Crippen LogP contribution in [-0.4, -0.2) is 12.4 Å². The lowest BCUT2D eigenvalue weighted by atomic mass is 10.0. The maximum atomic E-state index is 5.13. The number of hydrogen-bond donors (Lipinski definition) is 0. The van der Waals surface area contributed by atoms with Gasteiger partial charge in [0.15, 0.2) is 0 Å². The molecule has 1 aromatic carbocycles. The molecule has 0 aliphatic heterocycles. The Kier molecular flexibility index (Phi) is 6.24. The molecule has 0 amide bonds. The van der Waals surface area contributed by atoms with Gasteiger partial charge in [0.2, 0.25) is 0 Å². The third-order valence-electron chi connectivity index (χ3n) is 2.57. The molecule has 16 heavy (non-hydrogen) atoms. The van der Waals surface area contributed by atoms with Gasteiger partial charge in [0.1, 0.15) is 5.75 Å². The molecular formula is C14H19BrO. The van der Waals surface area contributed by atoms with E-state index < -0.39 is 0 Å². The Morgan fingerprint density at radius 2 is 2.00 bits per heavy atom. The average molecular weight is 283 g/mol. The molecule has 0 spiro atoms. The van der Waals surface area contributed by atoms with E-state index in [0.29, 0.717) is 0 Å². The minimum atomic E-state index is 0.926. The van der Waals surface area contributed by atoms with E-state index in [1.165, 1.54) is 11.1 Å². The number of hydrogen-bond acceptors (Lipinski definition) is 1. The van der Waals surface area contributed by atoms with E-state index in [1.54, 1.807) is 7.11 Å². The Bertz CT molecular complexity index is 327. The maximum Gasteiger partial charge on any atom is 0.118 e. The van der Waals surface area contributed by atoms with E-state index in [2.05, 4.69) is 41.1 Å². The van der Waals surface area contributed by atoms with Crippen molar-refractivity contribution in [2.24, 2.45) is 0 Å². The first kappa shape index (κ1) is 13.3. The zero-order valence-electron chi connectivity index (χ0n) is 10.0. The summed E-state index contributed by atoms with van der Waals surface area (Å²) in [6.07, 6.45) is 5.67. The Labute approximate surface area is 107 Å². The van der Waals surface area contributed by atoms with E-state index in [4.69, 9.17) is 4.74 Å². The van der Waals surface area contributed by atoms with Gasteiger partial charge >= 0.3 is 0 Å². The van der Waals surface area contributed by atoms with Crippen LogP contribution >= 0.6 is 15.9 Å². The van der Waals surface area contributed by atoms with Crippen molar-refractivity contribution in [3.8, 4) is 5.75 Å². The molecule has 0 N–H and O–H groups in total. The number of halogens is 1. The van der Waals surface area contributed by atoms with E-state index >= 15 is 0 Å². The molecule has 0 saturated heterocycles. The van der Waals surface area contributed by atoms with Crippen LogP contribution in [0.3, 0.4) is 0 Å². The number of alkyl halides is 1. The van der Waals surface area contributed by atoms with Gasteiger partial charge < -0.3 is 4.74 Å². The summed E-state index contributed by atoms with van der Waals surface area (Å²) >= 11 is 3.43. The minimum absolute atomic E-state index is 0.926. The third kappa shape index (κ3) is 4.84. The number of aryl methyl sites for hydroxylation is 1. The number of rotatable bonds is 6. The molecule has 0 aliphatic rings. The fourth-order valence-electron chi connectivity index (χ4n) is 1.54. The van der Waals surface area contributed by atoms with Gasteiger partial charge in [-0.15, -0.1) is 0 Å². The SMILES string of the molecule is COc1ccc(CCC(C)=CCCBr)cc1. The molecule has 1 rings (SSSR count). The maximum absolute atomic E-state index is 5.13. The summed E-state index contributed by atoms with van der Waals surface area (Å²) in [5.41, 5.74) is 2.84. The van der Waals surface area contributed by atoms with Crippen LogP contribution in [0.2, 0.25) is 0 Å². The van der Waals surface area contributed by atoms with Crippen LogP contribution in [-0.2, 0) is 6.42 Å². The second-order valence-corrected chi connectivity index (χ2v) is 4.67. The lowest BCUT2D eigenvalue weighted by molar-refractivity contribution is 0.414. The van der Waals surface area contributed by atoms with Crippen LogP contribution in [0.25, 0.3) is 0 Å². The van der Waals surface area contributed by atoms with E-state index in [0.717, 1.165) is 30.3 Å². The largest absolute Gasteiger partial charge is 0.497 e. The molecule has 0 unspecified atom stereocenters. The highest BCUT2D eigenvalue weighted by Crippen LogP contribution is 2.14. The highest BCUT2D eigenvalue weighted by molar-refractivity contribution is 9.09. The van der Waals surface area contributed by atoms with Gasteiger partial charge in [0, 0.05) is 5.33 Å². The number of allylic oxidation sites excluding steroid dienone is 2. The van der Waals surface area contributed by atoms with Crippen molar-refractivity contribution in [2.75, 3.05) is 12.4 Å². The molecule has 0 bridgehead atoms. The molecule has 0 atom stereocenters. The van der Waals surface area contributed by atoms with Gasteiger partial charge in [-0.3, -0.25) is 0 Å². The van der Waals surface area contributed by atoms with E-state index in [9.17, 15) is 0 Å². The fraction of sp³-hybridized carbons (Fsp3) is 0.429. The molecule has 0 fully saturated rings. The van der Waals surface area contributed by atoms with Gasteiger partial charge in [-0.1, -0.05) is 39.7 Å². The van der Waals surface area contributed by atoms with Crippen LogP contribution in [0.15, 0.2) is 35.9 Å². The molecule has 88 valence electrons. The Balaban J connectivity index is 2.42. The van der Waals surface area contributed by atoms with Crippen molar-refractivity contribution in [3.05, 3.63) is 41.5 Å². The summed E-state index contributed by atoms with van der Waals surface area (Å²) in [5.74, 6) is 0.926. The number of methoxy groups -OCH3 is 1. The van der Waals surface area contributed by atoms with Gasteiger partial charge in [-0.05, 0) is 43.9 Å². The van der Waals surface area contributed by atoms with Crippen LogP contribution in [0.5, 0.6) is 5.75 Å². The molecule has 0 heterocycles. The second-order valence-electron chi connectivity index (χ2n) is 3.88. The zero-order valence-corrected chi connectivity index (χ0v) is 11.6. The number of benzene rings is 1. The second kappa shape index (κ2) is 7.50. The minimum Gasteiger partial charge on any atom is -0.497 e. The highest BCUT2D eigenvalue weighted by atomic mass is 79.9. The van der Waals surface area contributed by atoms with Crippen molar-refractivity contribution in [2.45, 2.75) is 26.2 Å². The smallest absolute Gasteiger partial charge is 0.118 e. The average Bonchev–Trinajstić information content (AvgIpc) is 2.34. The quantitative estimate of drug-likeness (QED) is 0.557. The summed E-state index contributed by atoms with van der Waals surface area (Å²) in [7, 11) is 1.70. The van der Waals surface area contributed by atoms with E-state index in [-0.39, 0.29) is 0 Å². The lowest BCUT2D eigenvalue weighted by Crippen LogP contribution is -1.88. The first-order valence-electron chi connectivity index (χ1n) is 5.61. The van der Waals surface area contributed by atoms with Crippen molar-refractivity contribution in [1.82, 2.24) is 0 Å². The Morgan fingerprint density at radius 3 is 2.56 bits per heavy atom. The highest BCUT2D eigenvalue weighted by Gasteiger charge is 1.95. The molecule has 1 nitrogen and oxygen atoms in total. The first-order chi connectivity index (χ1) is 7.76. The van der Waals surface area contributed by atoms with Gasteiger partial charge in [-0.25, -0.2) is 0 Å². The predicted octanol–water partition coefficient (Wildman–Crippen LogP) is 4.36. The molecule has 2 heteroatoms. The number of ether oxygens (including phenoxy) is 1. The van der Waals surface area contributed by atoms with Crippen molar-refractivity contribution < 1.29 is 4.74 Å². The summed E-state index contributed by atoms with van der Waals surface area (Å²) in [6, 6.07) is 8.31. The first-order valence-corrected chi connectivity index (χ1v) is 6.73. The van der Waals surface area contributed by atoms with Gasteiger partial charge in [0.05, 0.1) is 7.11 Å². The summed E-state index contributed by atoms with van der Waals surface area (Å²) in [5, 5.41) is 1.05. The molecule has 0 aliphatic carbocycles. The summed E-state index contributed by atoms with van der Waals surface area (Å²) < 4.78 is 5.13. The molecule has 0 radical (unpaired) electrons. The fourth-order valence-corrected chi connectivity index (χ4v) is 1.77. The monoisotopic (exact) mass is 282 g/mol. The topological polar surface area (TPSA) is 9.23 Å². The zero-order chi connectivity index (χ0) is 11.8. The van der Waals surface area contributed by atoms with Gasteiger partial charge in [-0.2, -0.15) is 0 Å². The van der Waals surface area contributed by atoms with Crippen LogP contribution in [0, 0.1) is 0 Å². The molecular weight excluding hydrogens is 264 g/mol. The standard InChI is InChI=1S/C14H19BrO/c1-12(4-3-11-15)5-6-13-7-9-14(16-2)10-8-13/h4,7-10H,3,5-6,11H2,1-2H3. The third-order valence-corrected chi connectivity index (χ3v) is 3.03. The summed E-state index contributed by atoms with van der Waals surface area (Å²) in [4.78, 5) is 0. The summed E-state index contributed by atoms with van der Waals surface area (Å²) in [6.45, 7) is 2.20. The van der Waals surface area contributed by atoms with E-state index in [1.807, 2.05) is 12.1 Å². The Hall–Kier alpha value is -0.760. The van der Waals surface area contributed by atoms with Gasteiger partial charge in [0.25, 0.3) is 0 Å². The molecule has 1 aromatic rings. The normalized spacial score (nSPS) is 11.6. The predicted molar refractivity (Wildman–Crippen MR) is 73.5 cm³/mol. The lowest BCUT2D eigenvalue weighted by Gasteiger charge is -2.04. The Morgan fingerprint density at radius 1 is 1.31 bits per heavy atom. The van der Waals surface area contributed by atoms with Crippen molar-refractivity contribution >= 4 is 15.9 Å². The van der Waals surface area contributed by atoms with Crippen molar-refractivity contribution in [3.63, 3.8) is 0 Å². The van der Waals surface area contributed by atoms with Crippen molar-refractivity contribution in [1.29, 1.82) is 0 Å².